The molecule has 0 atom stereocenters. The molecule has 1 aliphatic rings. The normalized spacial score (nSPS) is 15.5. The van der Waals surface area contributed by atoms with Crippen molar-refractivity contribution in [3.05, 3.63) is 57.6 Å². The molecule has 2 amide bonds. The topological polar surface area (TPSA) is 67.9 Å². The number of benzene rings is 2. The SMILES string of the molecule is CCOc1cc(/C=C2\C(=O)NC(=S)N(c3ccc(C)cc3)C2=O)cc(Br)c1OC. The number of carbonyl (C=O) groups is 2. The summed E-state index contributed by atoms with van der Waals surface area (Å²) in [5.74, 6) is 0.00227. The molecule has 1 heterocycles. The average Bonchev–Trinajstić information content (AvgIpc) is 2.67. The van der Waals surface area contributed by atoms with Crippen molar-refractivity contribution in [2.24, 2.45) is 0 Å². The Morgan fingerprint density at radius 1 is 1.21 bits per heavy atom. The minimum atomic E-state index is -0.548. The van der Waals surface area contributed by atoms with Crippen molar-refractivity contribution in [2.45, 2.75) is 13.8 Å². The molecule has 6 nitrogen and oxygen atoms in total. The van der Waals surface area contributed by atoms with Crippen molar-refractivity contribution < 1.29 is 19.1 Å². The first-order chi connectivity index (χ1) is 13.8. The Morgan fingerprint density at radius 2 is 1.90 bits per heavy atom. The van der Waals surface area contributed by atoms with Gasteiger partial charge in [0.15, 0.2) is 16.6 Å². The first-order valence-corrected chi connectivity index (χ1v) is 10.0. The van der Waals surface area contributed by atoms with Gasteiger partial charge in [0.2, 0.25) is 0 Å². The number of rotatable bonds is 5. The van der Waals surface area contributed by atoms with Gasteiger partial charge in [-0.05, 0) is 77.9 Å². The second-order valence-electron chi connectivity index (χ2n) is 6.26. The summed E-state index contributed by atoms with van der Waals surface area (Å²) in [6.45, 7) is 4.25. The van der Waals surface area contributed by atoms with Crippen LogP contribution in [0.2, 0.25) is 0 Å². The molecular weight excluding hydrogens is 456 g/mol. The molecule has 0 radical (unpaired) electrons. The van der Waals surface area contributed by atoms with Crippen LogP contribution in [-0.2, 0) is 9.59 Å². The zero-order valence-corrected chi connectivity index (χ0v) is 18.5. The van der Waals surface area contributed by atoms with Crippen LogP contribution in [0.3, 0.4) is 0 Å². The number of hydrogen-bond acceptors (Lipinski definition) is 5. The van der Waals surface area contributed by atoms with Crippen LogP contribution in [0.1, 0.15) is 18.1 Å². The van der Waals surface area contributed by atoms with Gasteiger partial charge in [0.1, 0.15) is 5.57 Å². The highest BCUT2D eigenvalue weighted by Gasteiger charge is 2.34. The maximum absolute atomic E-state index is 13.1. The second kappa shape index (κ2) is 8.75. The smallest absolute Gasteiger partial charge is 0.270 e. The van der Waals surface area contributed by atoms with E-state index in [2.05, 4.69) is 21.2 Å². The van der Waals surface area contributed by atoms with E-state index in [1.807, 2.05) is 26.0 Å². The molecule has 8 heteroatoms. The Morgan fingerprint density at radius 3 is 2.52 bits per heavy atom. The van der Waals surface area contributed by atoms with E-state index in [1.54, 1.807) is 31.4 Å². The summed E-state index contributed by atoms with van der Waals surface area (Å²) >= 11 is 8.66. The van der Waals surface area contributed by atoms with Gasteiger partial charge in [0, 0.05) is 0 Å². The molecule has 1 saturated heterocycles. The average molecular weight is 475 g/mol. The van der Waals surface area contributed by atoms with Crippen LogP contribution < -0.4 is 19.7 Å². The molecule has 1 N–H and O–H groups in total. The molecule has 0 spiro atoms. The van der Waals surface area contributed by atoms with Gasteiger partial charge in [-0.2, -0.15) is 0 Å². The highest BCUT2D eigenvalue weighted by molar-refractivity contribution is 9.10. The van der Waals surface area contributed by atoms with Crippen LogP contribution in [0.15, 0.2) is 46.4 Å². The Hall–Kier alpha value is -2.71. The minimum Gasteiger partial charge on any atom is -0.492 e. The summed E-state index contributed by atoms with van der Waals surface area (Å²) in [5, 5.41) is 2.63. The van der Waals surface area contributed by atoms with Gasteiger partial charge >= 0.3 is 0 Å². The number of nitrogens with zero attached hydrogens (tertiary/aromatic N) is 1. The summed E-state index contributed by atoms with van der Waals surface area (Å²) in [6, 6.07) is 10.8. The van der Waals surface area contributed by atoms with E-state index in [1.165, 1.54) is 11.0 Å². The number of anilines is 1. The molecule has 3 rings (SSSR count). The second-order valence-corrected chi connectivity index (χ2v) is 7.50. The first-order valence-electron chi connectivity index (χ1n) is 8.84. The van der Waals surface area contributed by atoms with E-state index >= 15 is 0 Å². The van der Waals surface area contributed by atoms with Gasteiger partial charge in [-0.3, -0.25) is 19.8 Å². The number of thiocarbonyl (C=S) groups is 1. The Kier molecular flexibility index (Phi) is 6.34. The maximum atomic E-state index is 13.1. The monoisotopic (exact) mass is 474 g/mol. The van der Waals surface area contributed by atoms with Crippen molar-refractivity contribution in [1.29, 1.82) is 0 Å². The fraction of sp³-hybridized carbons (Fsp3) is 0.190. The van der Waals surface area contributed by atoms with Crippen LogP contribution in [-0.4, -0.2) is 30.6 Å². The van der Waals surface area contributed by atoms with Gasteiger partial charge in [0.05, 0.1) is 23.9 Å². The van der Waals surface area contributed by atoms with E-state index in [-0.39, 0.29) is 10.7 Å². The third-order valence-corrected chi connectivity index (χ3v) is 5.11. The van der Waals surface area contributed by atoms with Crippen molar-refractivity contribution in [3.63, 3.8) is 0 Å². The van der Waals surface area contributed by atoms with Crippen molar-refractivity contribution >= 4 is 56.8 Å². The van der Waals surface area contributed by atoms with Crippen LogP contribution in [0.25, 0.3) is 6.08 Å². The summed E-state index contributed by atoms with van der Waals surface area (Å²) in [4.78, 5) is 26.9. The van der Waals surface area contributed by atoms with Crippen LogP contribution in [0, 0.1) is 6.92 Å². The standard InChI is InChI=1S/C21H19BrN2O4S/c1-4-28-17-11-13(10-16(22)18(17)27-3)9-15-19(25)23-21(29)24(20(15)26)14-7-5-12(2)6-8-14/h5-11H,4H2,1-3H3,(H,23,25,29)/b15-9+. The molecule has 2 aromatic carbocycles. The summed E-state index contributed by atoms with van der Waals surface area (Å²) in [7, 11) is 1.54. The van der Waals surface area contributed by atoms with Gasteiger partial charge in [-0.1, -0.05) is 17.7 Å². The van der Waals surface area contributed by atoms with Gasteiger partial charge in [0.25, 0.3) is 11.8 Å². The molecule has 0 aromatic heterocycles. The Bertz CT molecular complexity index is 1020. The molecule has 0 unspecified atom stereocenters. The first kappa shape index (κ1) is 21.0. The van der Waals surface area contributed by atoms with Gasteiger partial charge in [-0.15, -0.1) is 0 Å². The molecule has 29 heavy (non-hydrogen) atoms. The van der Waals surface area contributed by atoms with Crippen molar-refractivity contribution in [2.75, 3.05) is 18.6 Å². The lowest BCUT2D eigenvalue weighted by Crippen LogP contribution is -2.54. The number of methoxy groups -OCH3 is 1. The number of aryl methyl sites for hydroxylation is 1. The molecule has 0 aliphatic carbocycles. The molecule has 1 aliphatic heterocycles. The quantitative estimate of drug-likeness (QED) is 0.403. The summed E-state index contributed by atoms with van der Waals surface area (Å²) < 4.78 is 11.6. The molecule has 0 saturated carbocycles. The molecule has 0 bridgehead atoms. The van der Waals surface area contributed by atoms with E-state index in [9.17, 15) is 9.59 Å². The Balaban J connectivity index is 2.03. The lowest BCUT2D eigenvalue weighted by atomic mass is 10.1. The number of nitrogens with one attached hydrogen (secondary N) is 1. The number of carbonyl (C=O) groups excluding carboxylic acids is 2. The third kappa shape index (κ3) is 4.33. The number of amides is 2. The minimum absolute atomic E-state index is 0.0290. The van der Waals surface area contributed by atoms with E-state index < -0.39 is 11.8 Å². The van der Waals surface area contributed by atoms with Crippen LogP contribution >= 0.6 is 28.1 Å². The van der Waals surface area contributed by atoms with Gasteiger partial charge < -0.3 is 9.47 Å². The van der Waals surface area contributed by atoms with E-state index in [0.717, 1.165) is 5.56 Å². The largest absolute Gasteiger partial charge is 0.492 e. The lowest BCUT2D eigenvalue weighted by molar-refractivity contribution is -0.122. The van der Waals surface area contributed by atoms with E-state index in [4.69, 9.17) is 21.7 Å². The molecular formula is C21H19BrN2O4S. The Labute approximate surface area is 182 Å². The highest BCUT2D eigenvalue weighted by atomic mass is 79.9. The summed E-state index contributed by atoms with van der Waals surface area (Å²) in [6.07, 6.45) is 1.51. The predicted molar refractivity (Wildman–Crippen MR) is 119 cm³/mol. The fourth-order valence-electron chi connectivity index (χ4n) is 2.88. The predicted octanol–water partition coefficient (Wildman–Crippen LogP) is 4.00. The van der Waals surface area contributed by atoms with Gasteiger partial charge in [-0.25, -0.2) is 0 Å². The molecule has 150 valence electrons. The zero-order valence-electron chi connectivity index (χ0n) is 16.1. The molecule has 2 aromatic rings. The highest BCUT2D eigenvalue weighted by Crippen LogP contribution is 2.37. The molecule has 1 fully saturated rings. The van der Waals surface area contributed by atoms with Crippen molar-refractivity contribution in [3.8, 4) is 11.5 Å². The third-order valence-electron chi connectivity index (χ3n) is 4.24. The zero-order chi connectivity index (χ0) is 21.1. The summed E-state index contributed by atoms with van der Waals surface area (Å²) in [5.41, 5.74) is 2.22. The van der Waals surface area contributed by atoms with Crippen molar-refractivity contribution in [1.82, 2.24) is 5.32 Å². The number of halogens is 1. The van der Waals surface area contributed by atoms with Crippen LogP contribution in [0.5, 0.6) is 11.5 Å². The number of hydrogen-bond donors (Lipinski definition) is 1. The maximum Gasteiger partial charge on any atom is 0.270 e. The fourth-order valence-corrected chi connectivity index (χ4v) is 3.79. The number of ether oxygens (including phenoxy) is 2. The lowest BCUT2D eigenvalue weighted by Gasteiger charge is -2.29. The van der Waals surface area contributed by atoms with E-state index in [0.29, 0.717) is 33.8 Å². The van der Waals surface area contributed by atoms with Crippen LogP contribution in [0.4, 0.5) is 5.69 Å².